The zero-order valence-electron chi connectivity index (χ0n) is 11.3. The van der Waals surface area contributed by atoms with Crippen LogP contribution >= 0.6 is 0 Å². The van der Waals surface area contributed by atoms with Gasteiger partial charge in [0.15, 0.2) is 0 Å². The van der Waals surface area contributed by atoms with Crippen LogP contribution in [0, 0.1) is 28.1 Å². The van der Waals surface area contributed by atoms with Crippen LogP contribution in [0.15, 0.2) is 0 Å². The Morgan fingerprint density at radius 2 is 1.94 bits per heavy atom. The van der Waals surface area contributed by atoms with Gasteiger partial charge in [0, 0.05) is 23.2 Å². The highest BCUT2D eigenvalue weighted by molar-refractivity contribution is 5.94. The summed E-state index contributed by atoms with van der Waals surface area (Å²) in [5, 5.41) is 0. The van der Waals surface area contributed by atoms with Gasteiger partial charge in [0.2, 0.25) is 0 Å². The minimum absolute atomic E-state index is 0.00944. The number of ether oxygens (including phenoxy) is 1. The minimum atomic E-state index is -0.218. The van der Waals surface area contributed by atoms with Crippen LogP contribution in [0.5, 0.6) is 0 Å². The first kappa shape index (κ1) is 11.0. The van der Waals surface area contributed by atoms with Crippen LogP contribution in [0.3, 0.4) is 0 Å². The van der Waals surface area contributed by atoms with Crippen molar-refractivity contribution in [1.29, 1.82) is 0 Å². The molecule has 1 aliphatic heterocycles. The quantitative estimate of drug-likeness (QED) is 0.618. The van der Waals surface area contributed by atoms with E-state index < -0.39 is 0 Å². The van der Waals surface area contributed by atoms with Crippen molar-refractivity contribution in [2.45, 2.75) is 52.6 Å². The molecule has 3 aliphatic carbocycles. The van der Waals surface area contributed by atoms with Crippen LogP contribution in [-0.4, -0.2) is 17.9 Å². The van der Waals surface area contributed by atoms with Crippen LogP contribution in [-0.2, 0) is 14.3 Å². The van der Waals surface area contributed by atoms with E-state index in [2.05, 4.69) is 13.8 Å². The molecule has 1 heterocycles. The van der Waals surface area contributed by atoms with E-state index in [9.17, 15) is 9.59 Å². The second-order valence-corrected chi connectivity index (χ2v) is 7.20. The van der Waals surface area contributed by atoms with Gasteiger partial charge in [0.25, 0.3) is 0 Å². The molecule has 18 heavy (non-hydrogen) atoms. The summed E-state index contributed by atoms with van der Waals surface area (Å²) in [6.07, 6.45) is 3.74. The highest BCUT2D eigenvalue weighted by Gasteiger charge is 2.91. The first-order chi connectivity index (χ1) is 8.40. The highest BCUT2D eigenvalue weighted by atomic mass is 16.6. The molecule has 3 saturated carbocycles. The van der Waals surface area contributed by atoms with Gasteiger partial charge in [0.1, 0.15) is 11.9 Å². The zero-order valence-corrected chi connectivity index (χ0v) is 11.3. The average molecular weight is 248 g/mol. The maximum Gasteiger partial charge on any atom is 0.309 e. The highest BCUT2D eigenvalue weighted by Crippen LogP contribution is 2.89. The second-order valence-electron chi connectivity index (χ2n) is 7.20. The van der Waals surface area contributed by atoms with Crippen LogP contribution in [0.4, 0.5) is 0 Å². The third-order valence-electron chi connectivity index (χ3n) is 7.33. The molecule has 0 aromatic heterocycles. The first-order valence-electron chi connectivity index (χ1n) is 7.14. The normalized spacial score (nSPS) is 60.9. The van der Waals surface area contributed by atoms with Crippen molar-refractivity contribution in [2.75, 3.05) is 0 Å². The molecular formula is C15H20O3. The fourth-order valence-electron chi connectivity index (χ4n) is 6.05. The number of Topliss-reactive ketones (excluding diaryl/α,β-unsaturated/α-hetero) is 1. The fourth-order valence-corrected chi connectivity index (χ4v) is 6.05. The lowest BCUT2D eigenvalue weighted by molar-refractivity contribution is -0.147. The smallest absolute Gasteiger partial charge is 0.309 e. The van der Waals surface area contributed by atoms with Crippen LogP contribution in [0.25, 0.3) is 0 Å². The van der Waals surface area contributed by atoms with Gasteiger partial charge in [-0.2, -0.15) is 0 Å². The van der Waals surface area contributed by atoms with Crippen LogP contribution < -0.4 is 0 Å². The summed E-state index contributed by atoms with van der Waals surface area (Å²) in [6, 6.07) is 0. The summed E-state index contributed by atoms with van der Waals surface area (Å²) in [5.74, 6) is 0.728. The molecule has 4 aliphatic rings. The number of carbonyl (C=O) groups is 2. The van der Waals surface area contributed by atoms with Gasteiger partial charge in [-0.25, -0.2) is 0 Å². The van der Waals surface area contributed by atoms with Crippen LogP contribution in [0.2, 0.25) is 0 Å². The molecule has 1 spiro atoms. The van der Waals surface area contributed by atoms with Gasteiger partial charge in [-0.3, -0.25) is 9.59 Å². The Morgan fingerprint density at radius 1 is 1.22 bits per heavy atom. The maximum absolute atomic E-state index is 12.3. The van der Waals surface area contributed by atoms with Crippen molar-refractivity contribution in [3.8, 4) is 0 Å². The van der Waals surface area contributed by atoms with E-state index in [1.54, 1.807) is 0 Å². The topological polar surface area (TPSA) is 43.4 Å². The van der Waals surface area contributed by atoms with Crippen molar-refractivity contribution in [1.82, 2.24) is 0 Å². The first-order valence-corrected chi connectivity index (χ1v) is 7.14. The van der Waals surface area contributed by atoms with E-state index in [0.29, 0.717) is 18.1 Å². The largest absolute Gasteiger partial charge is 0.461 e. The number of hydrogen-bond acceptors (Lipinski definition) is 3. The molecule has 0 bridgehead atoms. The van der Waals surface area contributed by atoms with Gasteiger partial charge in [0.05, 0.1) is 5.92 Å². The van der Waals surface area contributed by atoms with E-state index in [1.807, 2.05) is 6.92 Å². The van der Waals surface area contributed by atoms with Crippen molar-refractivity contribution < 1.29 is 14.3 Å². The van der Waals surface area contributed by atoms with E-state index in [-0.39, 0.29) is 34.2 Å². The standard InChI is InChI=1S/C15H20O3/c1-8-9-4-6-13(2)14(3)10(16)5-7-15(13,14)11(9)18-12(8)17/h8-9,11H,4-7H2,1-3H3/t8-,9-,11-,13+,14+,15+/m0/s1. The van der Waals surface area contributed by atoms with E-state index in [0.717, 1.165) is 19.3 Å². The molecule has 0 radical (unpaired) electrons. The summed E-state index contributed by atoms with van der Waals surface area (Å²) < 4.78 is 5.72. The molecule has 0 N–H and O–H groups in total. The molecule has 0 unspecified atom stereocenters. The van der Waals surface area contributed by atoms with E-state index in [1.165, 1.54) is 0 Å². The molecule has 0 amide bonds. The summed E-state index contributed by atoms with van der Waals surface area (Å²) >= 11 is 0. The second kappa shape index (κ2) is 2.68. The molecule has 3 heteroatoms. The van der Waals surface area contributed by atoms with Gasteiger partial charge in [-0.1, -0.05) is 20.8 Å². The molecule has 1 saturated heterocycles. The van der Waals surface area contributed by atoms with Gasteiger partial charge in [-0.05, 0) is 24.7 Å². The van der Waals surface area contributed by atoms with Crippen molar-refractivity contribution >= 4 is 11.8 Å². The number of ketones is 1. The lowest BCUT2D eigenvalue weighted by atomic mass is 9.69. The third-order valence-corrected chi connectivity index (χ3v) is 7.33. The molecule has 4 rings (SSSR count). The Hall–Kier alpha value is -0.860. The lowest BCUT2D eigenvalue weighted by Crippen LogP contribution is -2.37. The molecule has 6 atom stereocenters. The monoisotopic (exact) mass is 248 g/mol. The van der Waals surface area contributed by atoms with Crippen molar-refractivity contribution in [2.24, 2.45) is 28.1 Å². The van der Waals surface area contributed by atoms with E-state index >= 15 is 0 Å². The summed E-state index contributed by atoms with van der Waals surface area (Å²) in [7, 11) is 0. The predicted octanol–water partition coefficient (Wildman–Crippen LogP) is 2.33. The van der Waals surface area contributed by atoms with Gasteiger partial charge >= 0.3 is 5.97 Å². The molecule has 3 nitrogen and oxygen atoms in total. The van der Waals surface area contributed by atoms with Gasteiger partial charge in [-0.15, -0.1) is 0 Å². The molecule has 98 valence electrons. The maximum atomic E-state index is 12.3. The van der Waals surface area contributed by atoms with Gasteiger partial charge < -0.3 is 4.74 Å². The van der Waals surface area contributed by atoms with Crippen molar-refractivity contribution in [3.05, 3.63) is 0 Å². The average Bonchev–Trinajstić information content (AvgIpc) is 2.56. The SMILES string of the molecule is C[C@@H]1C(=O)O[C@H]2[C@H]1CC[C@]1(C)[C@@]3(C)C(=O)CC[C@@]213. The minimum Gasteiger partial charge on any atom is -0.461 e. The molecule has 0 aromatic rings. The summed E-state index contributed by atoms with van der Waals surface area (Å²) in [4.78, 5) is 24.2. The Kier molecular flexibility index (Phi) is 1.64. The Balaban J connectivity index is 1.84. The Bertz CT molecular complexity index is 484. The number of carbonyl (C=O) groups excluding carboxylic acids is 2. The predicted molar refractivity (Wildman–Crippen MR) is 64.7 cm³/mol. The number of hydrogen-bond donors (Lipinski definition) is 0. The van der Waals surface area contributed by atoms with E-state index in [4.69, 9.17) is 4.74 Å². The zero-order chi connectivity index (χ0) is 12.9. The number of rotatable bonds is 0. The third kappa shape index (κ3) is 0.736. The Morgan fingerprint density at radius 3 is 2.67 bits per heavy atom. The van der Waals surface area contributed by atoms with Crippen molar-refractivity contribution in [3.63, 3.8) is 0 Å². The number of fused-ring (bicyclic) bond motifs is 2. The molecule has 0 aromatic carbocycles. The summed E-state index contributed by atoms with van der Waals surface area (Å²) in [6.45, 7) is 6.36. The number of esters is 1. The molecule has 4 fully saturated rings. The van der Waals surface area contributed by atoms with Crippen LogP contribution in [0.1, 0.15) is 46.5 Å². The summed E-state index contributed by atoms with van der Waals surface area (Å²) in [5.41, 5.74) is -0.162. The Labute approximate surface area is 107 Å². The fraction of sp³-hybridized carbons (Fsp3) is 0.867. The lowest BCUT2D eigenvalue weighted by Gasteiger charge is -2.36. The molecular weight excluding hydrogens is 228 g/mol.